The summed E-state index contributed by atoms with van der Waals surface area (Å²) in [6.07, 6.45) is 27.1. The summed E-state index contributed by atoms with van der Waals surface area (Å²) < 4.78 is 33.6. The van der Waals surface area contributed by atoms with Crippen molar-refractivity contribution in [1.82, 2.24) is 0 Å². The molecule has 0 fully saturated rings. The minimum Gasteiger partial charge on any atom is -0.756 e. The molecule has 0 heterocycles. The van der Waals surface area contributed by atoms with Gasteiger partial charge in [-0.25, -0.2) is 0 Å². The third-order valence-corrected chi connectivity index (χ3v) is 9.34. The van der Waals surface area contributed by atoms with Crippen molar-refractivity contribution in [2.24, 2.45) is 0 Å². The van der Waals surface area contributed by atoms with Crippen LogP contribution in [0, 0.1) is 0 Å². The number of carbonyl (C=O) groups is 2. The Balaban J connectivity index is 4.32. The highest BCUT2D eigenvalue weighted by Crippen LogP contribution is 2.38. The van der Waals surface area contributed by atoms with E-state index in [1.807, 2.05) is 21.1 Å². The van der Waals surface area contributed by atoms with Gasteiger partial charge in [0.25, 0.3) is 7.82 Å². The lowest BCUT2D eigenvalue weighted by Gasteiger charge is -2.28. The van der Waals surface area contributed by atoms with Gasteiger partial charge in [0.1, 0.15) is 19.8 Å². The van der Waals surface area contributed by atoms with E-state index in [9.17, 15) is 19.0 Å². The Labute approximate surface area is 289 Å². The van der Waals surface area contributed by atoms with Gasteiger partial charge in [-0.1, -0.05) is 149 Å². The lowest BCUT2D eigenvalue weighted by molar-refractivity contribution is -0.870. The minimum atomic E-state index is -4.60. The van der Waals surface area contributed by atoms with Gasteiger partial charge in [-0.05, 0) is 12.8 Å². The highest BCUT2D eigenvalue weighted by molar-refractivity contribution is 7.45. The van der Waals surface area contributed by atoms with Gasteiger partial charge in [0.2, 0.25) is 0 Å². The van der Waals surface area contributed by atoms with Crippen LogP contribution in [0.5, 0.6) is 0 Å². The van der Waals surface area contributed by atoms with Gasteiger partial charge in [0.05, 0.1) is 27.7 Å². The highest BCUT2D eigenvalue weighted by atomic mass is 31.2. The number of carbonyl (C=O) groups excluding carboxylic acids is 2. The fraction of sp³-hybridized carbons (Fsp3) is 0.946. The normalized spacial score (nSPS) is 13.7. The lowest BCUT2D eigenvalue weighted by atomic mass is 10.0. The predicted octanol–water partition coefficient (Wildman–Crippen LogP) is 9.44. The molecule has 0 aliphatic rings. The number of phosphoric acid groups is 1. The molecule has 9 nitrogen and oxygen atoms in total. The summed E-state index contributed by atoms with van der Waals surface area (Å²) >= 11 is 0. The molecule has 0 bridgehead atoms. The molecule has 47 heavy (non-hydrogen) atoms. The van der Waals surface area contributed by atoms with E-state index in [2.05, 4.69) is 13.8 Å². The first-order valence-corrected chi connectivity index (χ1v) is 20.7. The maximum absolute atomic E-state index is 12.6. The van der Waals surface area contributed by atoms with Gasteiger partial charge >= 0.3 is 11.9 Å². The molecule has 0 amide bonds. The first-order valence-electron chi connectivity index (χ1n) is 19.2. The molecule has 0 aliphatic carbocycles. The molecule has 0 spiro atoms. The van der Waals surface area contributed by atoms with Gasteiger partial charge in [0.15, 0.2) is 6.10 Å². The van der Waals surface area contributed by atoms with Crippen LogP contribution in [0.3, 0.4) is 0 Å². The molecular formula is C37H74NO8P. The summed E-state index contributed by atoms with van der Waals surface area (Å²) in [5.74, 6) is -0.833. The number of hydrogen-bond acceptors (Lipinski definition) is 8. The number of nitrogens with zero attached hydrogens (tertiary/aromatic N) is 1. The second-order valence-corrected chi connectivity index (χ2v) is 15.7. The molecule has 10 heteroatoms. The topological polar surface area (TPSA) is 111 Å². The standard InChI is InChI=1S/C37H74NO8P/c1-6-8-10-12-14-15-16-17-18-19-20-21-22-24-26-28-30-37(40)46-35(34-45-47(41,42)44-32-31-38(3,4)5)33-43-36(39)29-27-25-23-13-11-9-7-2/h35H,6-34H2,1-5H3/t35-/m1/s1. The Morgan fingerprint density at radius 2 is 0.957 bits per heavy atom. The van der Waals surface area contributed by atoms with E-state index in [0.29, 0.717) is 17.4 Å². The van der Waals surface area contributed by atoms with Gasteiger partial charge < -0.3 is 27.9 Å². The van der Waals surface area contributed by atoms with Crippen LogP contribution < -0.4 is 4.89 Å². The van der Waals surface area contributed by atoms with Crippen LogP contribution >= 0.6 is 7.82 Å². The molecule has 0 N–H and O–H groups in total. The average Bonchev–Trinajstić information content (AvgIpc) is 3.01. The van der Waals surface area contributed by atoms with Gasteiger partial charge in [-0.15, -0.1) is 0 Å². The van der Waals surface area contributed by atoms with Crippen LogP contribution in [0.15, 0.2) is 0 Å². The Hall–Kier alpha value is -0.990. The number of rotatable bonds is 35. The van der Waals surface area contributed by atoms with E-state index in [-0.39, 0.29) is 32.0 Å². The molecule has 0 aromatic heterocycles. The Morgan fingerprint density at radius 1 is 0.574 bits per heavy atom. The van der Waals surface area contributed by atoms with E-state index in [1.165, 1.54) is 109 Å². The molecule has 0 aromatic rings. The SMILES string of the molecule is CCCCCCCCCCCCCCCCCCC(=O)O[C@H](COC(=O)CCCCCCCCC)COP(=O)([O-])OCC[N+](C)(C)C. The van der Waals surface area contributed by atoms with Crippen molar-refractivity contribution in [3.63, 3.8) is 0 Å². The Morgan fingerprint density at radius 3 is 1.36 bits per heavy atom. The van der Waals surface area contributed by atoms with Crippen LogP contribution in [0.1, 0.15) is 174 Å². The van der Waals surface area contributed by atoms with Crippen molar-refractivity contribution < 1.29 is 42.1 Å². The molecule has 0 saturated carbocycles. The zero-order valence-corrected chi connectivity index (χ0v) is 32.1. The Kier molecular flexibility index (Phi) is 30.4. The molecular weight excluding hydrogens is 617 g/mol. The maximum Gasteiger partial charge on any atom is 0.306 e. The second-order valence-electron chi connectivity index (χ2n) is 14.3. The number of ether oxygens (including phenoxy) is 2. The van der Waals surface area contributed by atoms with E-state index >= 15 is 0 Å². The molecule has 0 saturated heterocycles. The van der Waals surface area contributed by atoms with E-state index in [0.717, 1.165) is 32.1 Å². The largest absolute Gasteiger partial charge is 0.756 e. The fourth-order valence-electron chi connectivity index (χ4n) is 5.30. The van der Waals surface area contributed by atoms with E-state index in [4.69, 9.17) is 18.5 Å². The summed E-state index contributed by atoms with van der Waals surface area (Å²) in [6.45, 7) is 4.18. The van der Waals surface area contributed by atoms with Crippen molar-refractivity contribution in [3.8, 4) is 0 Å². The van der Waals surface area contributed by atoms with Crippen molar-refractivity contribution in [3.05, 3.63) is 0 Å². The average molecular weight is 692 g/mol. The third kappa shape index (κ3) is 34.7. The molecule has 0 aliphatic heterocycles. The number of quaternary nitrogens is 1. The summed E-state index contributed by atoms with van der Waals surface area (Å²) in [6, 6.07) is 0. The summed E-state index contributed by atoms with van der Waals surface area (Å²) in [4.78, 5) is 37.1. The van der Waals surface area contributed by atoms with Crippen LogP contribution in [0.2, 0.25) is 0 Å². The molecule has 0 radical (unpaired) electrons. The van der Waals surface area contributed by atoms with E-state index < -0.39 is 26.5 Å². The monoisotopic (exact) mass is 692 g/mol. The Bertz CT molecular complexity index is 789. The third-order valence-electron chi connectivity index (χ3n) is 8.38. The molecule has 2 atom stereocenters. The smallest absolute Gasteiger partial charge is 0.306 e. The zero-order chi connectivity index (χ0) is 35.1. The quantitative estimate of drug-likeness (QED) is 0.0280. The minimum absolute atomic E-state index is 0.0264. The van der Waals surface area contributed by atoms with Crippen molar-refractivity contribution in [2.75, 3.05) is 47.5 Å². The lowest BCUT2D eigenvalue weighted by Crippen LogP contribution is -2.37. The van der Waals surface area contributed by atoms with Crippen LogP contribution in [-0.2, 0) is 32.7 Å². The zero-order valence-electron chi connectivity index (χ0n) is 31.2. The number of esters is 2. The maximum atomic E-state index is 12.6. The van der Waals surface area contributed by atoms with Crippen molar-refractivity contribution >= 4 is 19.8 Å². The first kappa shape index (κ1) is 46.0. The fourth-order valence-corrected chi connectivity index (χ4v) is 6.03. The van der Waals surface area contributed by atoms with Gasteiger partial charge in [-0.3, -0.25) is 14.2 Å². The van der Waals surface area contributed by atoms with Gasteiger partial charge in [0, 0.05) is 12.8 Å². The molecule has 280 valence electrons. The van der Waals surface area contributed by atoms with Crippen molar-refractivity contribution in [2.45, 2.75) is 180 Å². The molecule has 1 unspecified atom stereocenters. The number of likely N-dealkylation sites (N-methyl/N-ethyl adjacent to an activating group) is 1. The first-order chi connectivity index (χ1) is 22.5. The number of unbranched alkanes of at least 4 members (excludes halogenated alkanes) is 21. The highest BCUT2D eigenvalue weighted by Gasteiger charge is 2.21. The van der Waals surface area contributed by atoms with Crippen LogP contribution in [0.25, 0.3) is 0 Å². The summed E-state index contributed by atoms with van der Waals surface area (Å²) in [7, 11) is 1.18. The summed E-state index contributed by atoms with van der Waals surface area (Å²) in [5.41, 5.74) is 0. The summed E-state index contributed by atoms with van der Waals surface area (Å²) in [5, 5.41) is 0. The van der Waals surface area contributed by atoms with Gasteiger partial charge in [-0.2, -0.15) is 0 Å². The number of phosphoric ester groups is 1. The van der Waals surface area contributed by atoms with E-state index in [1.54, 1.807) is 0 Å². The molecule has 0 aromatic carbocycles. The number of hydrogen-bond donors (Lipinski definition) is 0. The van der Waals surface area contributed by atoms with Crippen LogP contribution in [-0.4, -0.2) is 70.0 Å². The second kappa shape index (κ2) is 31.0. The molecule has 0 rings (SSSR count). The predicted molar refractivity (Wildman–Crippen MR) is 190 cm³/mol. The van der Waals surface area contributed by atoms with Crippen molar-refractivity contribution in [1.29, 1.82) is 0 Å². The van der Waals surface area contributed by atoms with Crippen LogP contribution in [0.4, 0.5) is 0 Å².